The van der Waals surface area contributed by atoms with E-state index < -0.39 is 0 Å². The molecule has 1 aliphatic rings. The van der Waals surface area contributed by atoms with Crippen molar-refractivity contribution < 1.29 is 9.59 Å². The number of nitrogen functional groups attached to an aromatic ring is 1. The fraction of sp³-hybridized carbons (Fsp3) is 0.438. The Hall–Kier alpha value is -2.57. The molecule has 0 bridgehead atoms. The second kappa shape index (κ2) is 6.68. The van der Waals surface area contributed by atoms with Crippen molar-refractivity contribution in [1.29, 1.82) is 5.41 Å². The molecule has 3 N–H and O–H groups in total. The smallest absolute Gasteiger partial charge is 0.231 e. The molecule has 7 nitrogen and oxygen atoms in total. The zero-order chi connectivity index (χ0) is 17.1. The van der Waals surface area contributed by atoms with Gasteiger partial charge in [-0.1, -0.05) is 27.2 Å². The van der Waals surface area contributed by atoms with Gasteiger partial charge in [0, 0.05) is 5.57 Å². The third-order valence-corrected chi connectivity index (χ3v) is 3.80. The first-order valence-electron chi connectivity index (χ1n) is 7.58. The van der Waals surface area contributed by atoms with E-state index in [1.807, 2.05) is 6.92 Å². The van der Waals surface area contributed by atoms with Gasteiger partial charge < -0.3 is 5.73 Å². The number of ketones is 2. The highest BCUT2D eigenvalue weighted by molar-refractivity contribution is 6.32. The van der Waals surface area contributed by atoms with E-state index in [1.165, 1.54) is 23.0 Å². The van der Waals surface area contributed by atoms with Crippen LogP contribution in [0.15, 0.2) is 24.1 Å². The van der Waals surface area contributed by atoms with Crippen molar-refractivity contribution in [2.45, 2.75) is 33.6 Å². The van der Waals surface area contributed by atoms with Crippen LogP contribution in [0.4, 0.5) is 5.95 Å². The molecule has 0 radical (unpaired) electrons. The molecule has 1 aromatic heterocycles. The minimum Gasteiger partial charge on any atom is -0.368 e. The Morgan fingerprint density at radius 1 is 1.17 bits per heavy atom. The molecule has 1 atom stereocenters. The molecule has 1 unspecified atom stereocenters. The van der Waals surface area contributed by atoms with Crippen LogP contribution >= 0.6 is 0 Å². The summed E-state index contributed by atoms with van der Waals surface area (Å²) in [5, 5.41) is 7.91. The fourth-order valence-corrected chi connectivity index (χ4v) is 2.55. The maximum absolute atomic E-state index is 12.4. The number of rotatable bonds is 5. The number of allylic oxidation sites excluding steroid dienone is 4. The van der Waals surface area contributed by atoms with Gasteiger partial charge in [-0.25, -0.2) is 4.98 Å². The van der Waals surface area contributed by atoms with Gasteiger partial charge in [-0.05, 0) is 30.4 Å². The van der Waals surface area contributed by atoms with Crippen LogP contribution in [0.1, 0.15) is 33.6 Å². The van der Waals surface area contributed by atoms with Crippen molar-refractivity contribution in [2.24, 2.45) is 11.8 Å². The predicted octanol–water partition coefficient (Wildman–Crippen LogP) is 1.33. The third-order valence-electron chi connectivity index (χ3n) is 3.80. The van der Waals surface area contributed by atoms with Gasteiger partial charge in [-0.2, -0.15) is 4.98 Å². The lowest BCUT2D eigenvalue weighted by Gasteiger charge is -2.22. The second-order valence-corrected chi connectivity index (χ2v) is 6.10. The minimum absolute atomic E-state index is 0.0496. The number of hydrogen-bond acceptors (Lipinski definition) is 6. The van der Waals surface area contributed by atoms with Crippen LogP contribution in [-0.4, -0.2) is 26.1 Å². The Balaban J connectivity index is 2.55. The largest absolute Gasteiger partial charge is 0.368 e. The van der Waals surface area contributed by atoms with Crippen LogP contribution < -0.4 is 11.4 Å². The summed E-state index contributed by atoms with van der Waals surface area (Å²) in [6, 6.07) is 0. The van der Waals surface area contributed by atoms with E-state index >= 15 is 0 Å². The molecule has 2 rings (SSSR count). The average Bonchev–Trinajstić information content (AvgIpc) is 2.47. The Morgan fingerprint density at radius 3 is 2.43 bits per heavy atom. The first kappa shape index (κ1) is 16.8. The van der Waals surface area contributed by atoms with E-state index in [0.717, 1.165) is 12.8 Å². The van der Waals surface area contributed by atoms with Crippen LogP contribution in [-0.2, 0) is 9.59 Å². The zero-order valence-corrected chi connectivity index (χ0v) is 13.5. The van der Waals surface area contributed by atoms with E-state index in [-0.39, 0.29) is 34.7 Å². The molecule has 23 heavy (non-hydrogen) atoms. The highest BCUT2D eigenvalue weighted by Gasteiger charge is 2.28. The molecule has 7 heteroatoms. The fourth-order valence-electron chi connectivity index (χ4n) is 2.55. The van der Waals surface area contributed by atoms with E-state index in [1.54, 1.807) is 0 Å². The van der Waals surface area contributed by atoms with Crippen molar-refractivity contribution in [2.75, 3.05) is 5.73 Å². The number of carbonyl (C=O) groups excluding carboxylic acids is 2. The molecule has 0 fully saturated rings. The monoisotopic (exact) mass is 315 g/mol. The van der Waals surface area contributed by atoms with Gasteiger partial charge in [0.2, 0.25) is 17.3 Å². The summed E-state index contributed by atoms with van der Waals surface area (Å²) in [5.74, 6) is -0.183. The zero-order valence-electron chi connectivity index (χ0n) is 13.5. The summed E-state index contributed by atoms with van der Waals surface area (Å²) in [6.45, 7) is 6.14. The summed E-state index contributed by atoms with van der Waals surface area (Å²) in [4.78, 5) is 32.3. The molecule has 0 amide bonds. The molecular weight excluding hydrogens is 294 g/mol. The quantitative estimate of drug-likeness (QED) is 0.795. The first-order valence-corrected chi connectivity index (χ1v) is 7.58. The van der Waals surface area contributed by atoms with Gasteiger partial charge in [0.1, 0.15) is 12.0 Å². The molecular formula is C16H21N5O2. The molecule has 1 heterocycles. The van der Waals surface area contributed by atoms with Crippen molar-refractivity contribution >= 4 is 23.2 Å². The topological polar surface area (TPSA) is 115 Å². The first-order chi connectivity index (χ1) is 10.8. The summed E-state index contributed by atoms with van der Waals surface area (Å²) in [5.41, 5.74) is 5.79. The van der Waals surface area contributed by atoms with Crippen molar-refractivity contribution in [3.8, 4) is 0 Å². The van der Waals surface area contributed by atoms with Crippen LogP contribution in [0.25, 0.3) is 5.70 Å². The standard InChI is InChI=1S/C16H21N5O2/c1-9(2)4-5-10(3)13-11(22)6-7-12(23)14(13)21-8-19-15(17)20-16(21)18/h6-10H,4-5H2,1-3H3,(H3,17,18,20). The lowest BCUT2D eigenvalue weighted by atomic mass is 9.85. The summed E-state index contributed by atoms with van der Waals surface area (Å²) < 4.78 is 1.22. The van der Waals surface area contributed by atoms with Gasteiger partial charge in [0.25, 0.3) is 0 Å². The molecule has 0 saturated carbocycles. The van der Waals surface area contributed by atoms with Gasteiger partial charge >= 0.3 is 0 Å². The van der Waals surface area contributed by atoms with Crippen molar-refractivity contribution in [3.05, 3.63) is 29.7 Å². The van der Waals surface area contributed by atoms with Crippen LogP contribution in [0.5, 0.6) is 0 Å². The summed E-state index contributed by atoms with van der Waals surface area (Å²) in [6.07, 6.45) is 5.50. The normalized spacial score (nSPS) is 16.3. The minimum atomic E-state index is -0.331. The number of nitrogens with two attached hydrogens (primary N) is 1. The molecule has 1 aliphatic carbocycles. The molecule has 0 saturated heterocycles. The number of hydrogen-bond donors (Lipinski definition) is 2. The van der Waals surface area contributed by atoms with E-state index in [0.29, 0.717) is 11.5 Å². The second-order valence-electron chi connectivity index (χ2n) is 6.10. The third kappa shape index (κ3) is 3.61. The van der Waals surface area contributed by atoms with E-state index in [9.17, 15) is 9.59 Å². The number of nitrogens with one attached hydrogen (secondary N) is 1. The summed E-state index contributed by atoms with van der Waals surface area (Å²) >= 11 is 0. The van der Waals surface area contributed by atoms with Crippen LogP contribution in [0.2, 0.25) is 0 Å². The highest BCUT2D eigenvalue weighted by Crippen LogP contribution is 2.28. The molecule has 1 aromatic rings. The van der Waals surface area contributed by atoms with Crippen LogP contribution in [0, 0.1) is 17.2 Å². The predicted molar refractivity (Wildman–Crippen MR) is 85.9 cm³/mol. The lowest BCUT2D eigenvalue weighted by molar-refractivity contribution is -0.114. The Kier molecular flexibility index (Phi) is 4.88. The maximum Gasteiger partial charge on any atom is 0.231 e. The maximum atomic E-state index is 12.4. The Labute approximate surface area is 134 Å². The highest BCUT2D eigenvalue weighted by atomic mass is 16.1. The SMILES string of the molecule is CC(C)CCC(C)C1=C(n2cnc(N)nc2=N)C(=O)C=CC1=O. The Morgan fingerprint density at radius 2 is 1.83 bits per heavy atom. The number of carbonyl (C=O) groups is 2. The van der Waals surface area contributed by atoms with Gasteiger partial charge in [-0.15, -0.1) is 0 Å². The number of nitrogens with zero attached hydrogens (tertiary/aromatic N) is 3. The molecule has 122 valence electrons. The van der Waals surface area contributed by atoms with Gasteiger partial charge in [0.05, 0.1) is 0 Å². The number of anilines is 1. The van der Waals surface area contributed by atoms with Crippen molar-refractivity contribution in [3.63, 3.8) is 0 Å². The number of aromatic nitrogens is 3. The molecule has 0 aliphatic heterocycles. The van der Waals surface area contributed by atoms with E-state index in [4.69, 9.17) is 11.1 Å². The van der Waals surface area contributed by atoms with E-state index in [2.05, 4.69) is 23.8 Å². The summed E-state index contributed by atoms with van der Waals surface area (Å²) in [7, 11) is 0. The average molecular weight is 315 g/mol. The van der Waals surface area contributed by atoms with Gasteiger partial charge in [0.15, 0.2) is 5.78 Å². The van der Waals surface area contributed by atoms with Crippen LogP contribution in [0.3, 0.4) is 0 Å². The van der Waals surface area contributed by atoms with Crippen molar-refractivity contribution in [1.82, 2.24) is 14.5 Å². The Bertz CT molecular complexity index is 758. The van der Waals surface area contributed by atoms with Gasteiger partial charge in [-0.3, -0.25) is 19.6 Å². The molecule has 0 aromatic carbocycles. The lowest BCUT2D eigenvalue weighted by Crippen LogP contribution is -2.31. The molecule has 0 spiro atoms.